The van der Waals surface area contributed by atoms with Crippen molar-refractivity contribution in [3.05, 3.63) is 143 Å². The van der Waals surface area contributed by atoms with Gasteiger partial charge < -0.3 is 28.5 Å². The van der Waals surface area contributed by atoms with Gasteiger partial charge >= 0.3 is 24.3 Å². The molecule has 0 radical (unpaired) electrons. The molecule has 0 aliphatic rings. The van der Waals surface area contributed by atoms with Crippen molar-refractivity contribution in [3.63, 3.8) is 0 Å². The first-order valence-electron chi connectivity index (χ1n) is 17.1. The largest absolute Gasteiger partial charge is 0.482 e. The average Bonchev–Trinajstić information content (AvgIpc) is 3.86. The van der Waals surface area contributed by atoms with Crippen LogP contribution in [0.4, 0.5) is 26.3 Å². The number of carboxylic acids is 2. The molecule has 0 unspecified atom stereocenters. The quantitative estimate of drug-likeness (QED) is 0.0810. The summed E-state index contributed by atoms with van der Waals surface area (Å²) in [5, 5.41) is 17.4. The van der Waals surface area contributed by atoms with E-state index < -0.39 is 48.6 Å². The van der Waals surface area contributed by atoms with Crippen molar-refractivity contribution in [2.45, 2.75) is 47.5 Å². The standard InChI is InChI=1S/2C21H17F3O4S/c1-13-10-17(7-9-18(13)27-11-20(25)26)29-12-16-6-8-19(28-16)14-2-4-15(5-3-14)21(22,23)24;1-13-8-17(6-7-18(13)28-11-20(25)26)29-12-14-9-19(27-10-14)15-2-4-16(5-3-15)21(22,23)24/h2*2-10H,11-12H2,1H3,(H,25,26). The van der Waals surface area contributed by atoms with Crippen LogP contribution in [0.3, 0.4) is 0 Å². The minimum atomic E-state index is -4.37. The van der Waals surface area contributed by atoms with Crippen LogP contribution < -0.4 is 9.47 Å². The number of rotatable bonds is 14. The van der Waals surface area contributed by atoms with Crippen molar-refractivity contribution in [1.29, 1.82) is 0 Å². The lowest BCUT2D eigenvalue weighted by Gasteiger charge is -2.08. The first-order chi connectivity index (χ1) is 27.4. The second-order valence-electron chi connectivity index (χ2n) is 12.5. The third-order valence-corrected chi connectivity index (χ3v) is 10.2. The highest BCUT2D eigenvalue weighted by Crippen LogP contribution is 2.35. The van der Waals surface area contributed by atoms with Gasteiger partial charge in [0.1, 0.15) is 28.8 Å². The molecule has 0 atom stereocenters. The summed E-state index contributed by atoms with van der Waals surface area (Å²) in [5.41, 5.74) is 2.29. The third-order valence-electron chi connectivity index (χ3n) is 8.09. The van der Waals surface area contributed by atoms with Crippen molar-refractivity contribution in [2.24, 2.45) is 0 Å². The predicted molar refractivity (Wildman–Crippen MR) is 206 cm³/mol. The van der Waals surface area contributed by atoms with Gasteiger partial charge in [0, 0.05) is 32.2 Å². The average molecular weight is 845 g/mol. The van der Waals surface area contributed by atoms with Crippen molar-refractivity contribution in [3.8, 4) is 34.1 Å². The number of ether oxygens (including phenoxy) is 2. The van der Waals surface area contributed by atoms with E-state index in [1.165, 1.54) is 36.0 Å². The Bertz CT molecular complexity index is 2150. The van der Waals surface area contributed by atoms with Gasteiger partial charge in [-0.1, -0.05) is 24.3 Å². The van der Waals surface area contributed by atoms with Gasteiger partial charge in [-0.3, -0.25) is 0 Å². The van der Waals surface area contributed by atoms with Crippen LogP contribution in [0.15, 0.2) is 128 Å². The van der Waals surface area contributed by atoms with Gasteiger partial charge in [-0.05, 0) is 104 Å². The van der Waals surface area contributed by atoms with Crippen molar-refractivity contribution >= 4 is 35.5 Å². The molecule has 4 aromatic carbocycles. The van der Waals surface area contributed by atoms with E-state index in [4.69, 9.17) is 28.5 Å². The summed E-state index contributed by atoms with van der Waals surface area (Å²) in [7, 11) is 0. The van der Waals surface area contributed by atoms with Crippen LogP contribution in [0.5, 0.6) is 11.5 Å². The Morgan fingerprint density at radius 2 is 1.07 bits per heavy atom. The van der Waals surface area contributed by atoms with Gasteiger partial charge in [0.05, 0.1) is 23.1 Å². The normalized spacial score (nSPS) is 11.4. The molecule has 0 spiro atoms. The number of benzene rings is 4. The topological polar surface area (TPSA) is 119 Å². The molecule has 2 heterocycles. The monoisotopic (exact) mass is 844 g/mol. The SMILES string of the molecule is Cc1cc(SCc2ccc(-c3ccc(C(F)(F)F)cc3)o2)ccc1OCC(=O)O.Cc1cc(SCc2coc(-c3ccc(C(F)(F)F)cc3)c2)ccc1OCC(=O)O. The van der Waals surface area contributed by atoms with Crippen LogP contribution in [0.25, 0.3) is 22.6 Å². The van der Waals surface area contributed by atoms with E-state index in [1.54, 1.807) is 48.4 Å². The van der Waals surface area contributed by atoms with E-state index in [-0.39, 0.29) is 0 Å². The van der Waals surface area contributed by atoms with Gasteiger partial charge in [-0.25, -0.2) is 9.59 Å². The molecule has 0 bridgehead atoms. The fourth-order valence-electron chi connectivity index (χ4n) is 5.21. The number of halogens is 6. The molecule has 0 aliphatic heterocycles. The highest BCUT2D eigenvalue weighted by Gasteiger charge is 2.31. The number of hydrogen-bond donors (Lipinski definition) is 2. The molecule has 0 amide bonds. The van der Waals surface area contributed by atoms with E-state index in [2.05, 4.69) is 0 Å². The Labute approximate surface area is 336 Å². The molecular weight excluding hydrogens is 811 g/mol. The number of thioether (sulfide) groups is 2. The number of furan rings is 2. The maximum atomic E-state index is 12.7. The maximum Gasteiger partial charge on any atom is 0.416 e. The summed E-state index contributed by atoms with van der Waals surface area (Å²) >= 11 is 3.08. The van der Waals surface area contributed by atoms with Crippen LogP contribution in [0.2, 0.25) is 0 Å². The molecule has 6 rings (SSSR count). The fraction of sp³-hybridized carbons (Fsp3) is 0.190. The molecule has 0 saturated carbocycles. The molecule has 304 valence electrons. The predicted octanol–water partition coefficient (Wildman–Crippen LogP) is 12.1. The first kappa shape index (κ1) is 43.4. The zero-order valence-corrected chi connectivity index (χ0v) is 32.3. The fourth-order valence-corrected chi connectivity index (χ4v) is 7.01. The van der Waals surface area contributed by atoms with E-state index in [0.29, 0.717) is 51.4 Å². The minimum absolute atomic E-state index is 0.394. The summed E-state index contributed by atoms with van der Waals surface area (Å²) in [6.07, 6.45) is -7.15. The maximum absolute atomic E-state index is 12.7. The molecule has 0 fully saturated rings. The minimum Gasteiger partial charge on any atom is -0.482 e. The Morgan fingerprint density at radius 1 is 0.603 bits per heavy atom. The summed E-state index contributed by atoms with van der Waals surface area (Å²) in [6, 6.07) is 25.9. The highest BCUT2D eigenvalue weighted by molar-refractivity contribution is 7.98. The van der Waals surface area contributed by atoms with E-state index in [0.717, 1.165) is 50.7 Å². The van der Waals surface area contributed by atoms with Crippen LogP contribution in [-0.2, 0) is 33.4 Å². The van der Waals surface area contributed by atoms with Gasteiger partial charge in [0.25, 0.3) is 0 Å². The number of aryl methyl sites for hydroxylation is 2. The summed E-state index contributed by atoms with van der Waals surface area (Å²) < 4.78 is 97.6. The summed E-state index contributed by atoms with van der Waals surface area (Å²) in [4.78, 5) is 23.1. The summed E-state index contributed by atoms with van der Waals surface area (Å²) in [5.74, 6) is 1.80. The van der Waals surface area contributed by atoms with E-state index >= 15 is 0 Å². The number of aliphatic carboxylic acids is 2. The Balaban J connectivity index is 0.000000221. The summed E-state index contributed by atoms with van der Waals surface area (Å²) in [6.45, 7) is 2.88. The first-order valence-corrected chi connectivity index (χ1v) is 19.1. The lowest BCUT2D eigenvalue weighted by atomic mass is 10.1. The zero-order chi connectivity index (χ0) is 42.0. The smallest absolute Gasteiger partial charge is 0.416 e. The van der Waals surface area contributed by atoms with Crippen molar-refractivity contribution in [2.75, 3.05) is 13.2 Å². The molecule has 58 heavy (non-hydrogen) atoms. The van der Waals surface area contributed by atoms with E-state index in [1.807, 2.05) is 38.1 Å². The van der Waals surface area contributed by atoms with Gasteiger partial charge in [-0.2, -0.15) is 26.3 Å². The number of carboxylic acid groups (broad SMARTS) is 2. The highest BCUT2D eigenvalue weighted by atomic mass is 32.2. The van der Waals surface area contributed by atoms with Gasteiger partial charge in [0.15, 0.2) is 13.2 Å². The Kier molecular flexibility index (Phi) is 14.3. The second kappa shape index (κ2) is 19.1. The molecule has 2 N–H and O–H groups in total. The number of carbonyl (C=O) groups is 2. The third kappa shape index (κ3) is 12.6. The van der Waals surface area contributed by atoms with Crippen molar-refractivity contribution in [1.82, 2.24) is 0 Å². The molecule has 16 heteroatoms. The van der Waals surface area contributed by atoms with Gasteiger partial charge in [-0.15, -0.1) is 23.5 Å². The molecule has 0 aliphatic carbocycles. The van der Waals surface area contributed by atoms with Crippen LogP contribution in [0, 0.1) is 13.8 Å². The van der Waals surface area contributed by atoms with Crippen molar-refractivity contribution < 1.29 is 64.5 Å². The van der Waals surface area contributed by atoms with Crippen LogP contribution in [-0.4, -0.2) is 35.4 Å². The molecular formula is C42H34F6O8S2. The number of alkyl halides is 6. The van der Waals surface area contributed by atoms with E-state index in [9.17, 15) is 35.9 Å². The van der Waals surface area contributed by atoms with Crippen LogP contribution in [0.1, 0.15) is 33.6 Å². The van der Waals surface area contributed by atoms with Gasteiger partial charge in [0.2, 0.25) is 0 Å². The zero-order valence-electron chi connectivity index (χ0n) is 30.6. The molecule has 0 saturated heterocycles. The number of hydrogen-bond acceptors (Lipinski definition) is 8. The molecule has 6 aromatic rings. The Morgan fingerprint density at radius 3 is 1.52 bits per heavy atom. The Hall–Kier alpha value is -5.74. The second-order valence-corrected chi connectivity index (χ2v) is 14.6. The van der Waals surface area contributed by atoms with Crippen LogP contribution >= 0.6 is 23.5 Å². The molecule has 2 aromatic heterocycles. The lowest BCUT2D eigenvalue weighted by molar-refractivity contribution is -0.140. The molecule has 8 nitrogen and oxygen atoms in total. The lowest BCUT2D eigenvalue weighted by Crippen LogP contribution is -2.09.